The summed E-state index contributed by atoms with van der Waals surface area (Å²) in [6.07, 6.45) is 0.931. The van der Waals surface area contributed by atoms with Gasteiger partial charge in [-0.3, -0.25) is 10.1 Å². The topological polar surface area (TPSA) is 68.1 Å². The minimum Gasteiger partial charge on any atom is -0.314 e. The first-order valence-corrected chi connectivity index (χ1v) is 8.08. The maximum atomic E-state index is 11.4. The molecule has 0 bridgehead atoms. The van der Waals surface area contributed by atoms with Gasteiger partial charge >= 0.3 is 0 Å². The molecule has 0 spiro atoms. The van der Waals surface area contributed by atoms with Gasteiger partial charge in [0.1, 0.15) is 0 Å². The highest BCUT2D eigenvalue weighted by atomic mass is 32.1. The molecular formula is C15H21N3O2S. The number of hydrogen-bond donors (Lipinski definition) is 1. The third kappa shape index (κ3) is 3.22. The van der Waals surface area contributed by atoms with E-state index in [0.717, 1.165) is 33.8 Å². The molecule has 0 aliphatic rings. The van der Waals surface area contributed by atoms with Crippen molar-refractivity contribution in [2.45, 2.75) is 46.1 Å². The second kappa shape index (κ2) is 6.49. The van der Waals surface area contributed by atoms with E-state index in [2.05, 4.69) is 24.1 Å². The lowest BCUT2D eigenvalue weighted by Gasteiger charge is -2.23. The smallest absolute Gasteiger partial charge is 0.274 e. The molecule has 0 aliphatic heterocycles. The quantitative estimate of drug-likeness (QED) is 0.647. The molecule has 1 heterocycles. The van der Waals surface area contributed by atoms with Gasteiger partial charge in [-0.2, -0.15) is 0 Å². The van der Waals surface area contributed by atoms with Gasteiger partial charge in [-0.05, 0) is 26.0 Å². The molecule has 0 radical (unpaired) electrons. The van der Waals surface area contributed by atoms with Gasteiger partial charge in [-0.25, -0.2) is 4.98 Å². The highest BCUT2D eigenvalue weighted by Gasteiger charge is 2.25. The monoisotopic (exact) mass is 307 g/mol. The van der Waals surface area contributed by atoms with Crippen molar-refractivity contribution in [2.24, 2.45) is 0 Å². The molecule has 2 atom stereocenters. The van der Waals surface area contributed by atoms with E-state index in [0.29, 0.717) is 0 Å². The predicted octanol–water partition coefficient (Wildman–Crippen LogP) is 4.00. The molecular weight excluding hydrogens is 286 g/mol. The predicted molar refractivity (Wildman–Crippen MR) is 87.2 cm³/mol. The number of benzene rings is 1. The Morgan fingerprint density at radius 2 is 2.14 bits per heavy atom. The van der Waals surface area contributed by atoms with Crippen LogP contribution in [0.3, 0.4) is 0 Å². The Morgan fingerprint density at radius 3 is 2.71 bits per heavy atom. The van der Waals surface area contributed by atoms with E-state index in [1.165, 1.54) is 11.3 Å². The first-order chi connectivity index (χ1) is 9.97. The Hall–Kier alpha value is -1.53. The van der Waals surface area contributed by atoms with Crippen LogP contribution in [-0.2, 0) is 0 Å². The molecule has 0 saturated carbocycles. The summed E-state index contributed by atoms with van der Waals surface area (Å²) in [6, 6.07) is 3.79. The van der Waals surface area contributed by atoms with Crippen LogP contribution in [0.2, 0.25) is 0 Å². The standard InChI is InChI=1S/C15H21N3O2S/c1-5-12(16-6-2)9(3)11-7-13-15(21-10(4)17-13)8-14(11)18(19)20/h7-9,12,16H,5-6H2,1-4H3. The van der Waals surface area contributed by atoms with E-state index in [1.54, 1.807) is 6.07 Å². The fourth-order valence-corrected chi connectivity index (χ4v) is 3.61. The Labute approximate surface area is 128 Å². The Kier molecular flexibility index (Phi) is 4.90. The molecule has 2 unspecified atom stereocenters. The number of nitro benzene ring substituents is 1. The number of rotatable bonds is 6. The van der Waals surface area contributed by atoms with Crippen LogP contribution in [0.5, 0.6) is 0 Å². The van der Waals surface area contributed by atoms with Gasteiger partial charge < -0.3 is 5.32 Å². The zero-order valence-electron chi connectivity index (χ0n) is 12.8. The molecule has 6 heteroatoms. The first-order valence-electron chi connectivity index (χ1n) is 7.26. The molecule has 2 aromatic rings. The van der Waals surface area contributed by atoms with Crippen LogP contribution in [0, 0.1) is 17.0 Å². The molecule has 1 N–H and O–H groups in total. The molecule has 0 saturated heterocycles. The second-order valence-electron chi connectivity index (χ2n) is 5.23. The van der Waals surface area contributed by atoms with Gasteiger partial charge in [0.05, 0.1) is 20.1 Å². The molecule has 1 aromatic carbocycles. The summed E-state index contributed by atoms with van der Waals surface area (Å²) in [5, 5.41) is 15.8. The number of nitro groups is 1. The van der Waals surface area contributed by atoms with Crippen molar-refractivity contribution in [3.8, 4) is 0 Å². The highest BCUT2D eigenvalue weighted by molar-refractivity contribution is 7.18. The Balaban J connectivity index is 2.53. The van der Waals surface area contributed by atoms with E-state index in [9.17, 15) is 10.1 Å². The average molecular weight is 307 g/mol. The molecule has 114 valence electrons. The van der Waals surface area contributed by atoms with E-state index < -0.39 is 0 Å². The van der Waals surface area contributed by atoms with Crippen LogP contribution < -0.4 is 5.32 Å². The fraction of sp³-hybridized carbons (Fsp3) is 0.533. The lowest BCUT2D eigenvalue weighted by Crippen LogP contribution is -2.33. The van der Waals surface area contributed by atoms with Gasteiger partial charge in [-0.15, -0.1) is 11.3 Å². The van der Waals surface area contributed by atoms with Crippen molar-refractivity contribution in [3.63, 3.8) is 0 Å². The average Bonchev–Trinajstić information content (AvgIpc) is 2.81. The second-order valence-corrected chi connectivity index (χ2v) is 6.46. The van der Waals surface area contributed by atoms with E-state index in [1.807, 2.05) is 19.9 Å². The summed E-state index contributed by atoms with van der Waals surface area (Å²) in [4.78, 5) is 15.6. The number of hydrogen-bond acceptors (Lipinski definition) is 5. The number of fused-ring (bicyclic) bond motifs is 1. The molecule has 0 fully saturated rings. The van der Waals surface area contributed by atoms with Crippen LogP contribution in [0.4, 0.5) is 5.69 Å². The van der Waals surface area contributed by atoms with Crippen molar-refractivity contribution in [1.82, 2.24) is 10.3 Å². The molecule has 2 rings (SSSR count). The van der Waals surface area contributed by atoms with Crippen molar-refractivity contribution in [1.29, 1.82) is 0 Å². The molecule has 0 amide bonds. The number of nitrogens with one attached hydrogen (secondary N) is 1. The number of nitrogens with zero attached hydrogens (tertiary/aromatic N) is 2. The third-order valence-electron chi connectivity index (χ3n) is 3.84. The maximum absolute atomic E-state index is 11.4. The minimum atomic E-state index is -0.279. The van der Waals surface area contributed by atoms with Gasteiger partial charge in [0.25, 0.3) is 5.69 Å². The van der Waals surface area contributed by atoms with E-state index in [4.69, 9.17) is 0 Å². The van der Waals surface area contributed by atoms with Crippen molar-refractivity contribution in [3.05, 3.63) is 32.8 Å². The third-order valence-corrected chi connectivity index (χ3v) is 4.77. The van der Waals surface area contributed by atoms with Crippen molar-refractivity contribution >= 4 is 27.2 Å². The van der Waals surface area contributed by atoms with Gasteiger partial charge in [0.15, 0.2) is 0 Å². The van der Waals surface area contributed by atoms with Crippen molar-refractivity contribution < 1.29 is 4.92 Å². The Bertz CT molecular complexity index is 654. The summed E-state index contributed by atoms with van der Waals surface area (Å²) < 4.78 is 0.881. The first kappa shape index (κ1) is 15.9. The molecule has 5 nitrogen and oxygen atoms in total. The van der Waals surface area contributed by atoms with Crippen LogP contribution >= 0.6 is 11.3 Å². The summed E-state index contributed by atoms with van der Waals surface area (Å²) in [7, 11) is 0. The summed E-state index contributed by atoms with van der Waals surface area (Å²) in [5.74, 6) is 0.0711. The zero-order chi connectivity index (χ0) is 15.6. The fourth-order valence-electron chi connectivity index (χ4n) is 2.77. The number of thiazole rings is 1. The van der Waals surface area contributed by atoms with Gasteiger partial charge in [-0.1, -0.05) is 20.8 Å². The number of likely N-dealkylation sites (N-methyl/N-ethyl adjacent to an activating group) is 1. The van der Waals surface area contributed by atoms with Gasteiger partial charge in [0, 0.05) is 23.6 Å². The number of aryl methyl sites for hydroxylation is 1. The Morgan fingerprint density at radius 1 is 1.43 bits per heavy atom. The van der Waals surface area contributed by atoms with Crippen LogP contribution in [0.1, 0.15) is 43.7 Å². The summed E-state index contributed by atoms with van der Waals surface area (Å²) in [6.45, 7) is 8.98. The minimum absolute atomic E-state index is 0.0711. The highest BCUT2D eigenvalue weighted by Crippen LogP contribution is 2.35. The number of aromatic nitrogens is 1. The van der Waals surface area contributed by atoms with E-state index in [-0.39, 0.29) is 22.6 Å². The normalized spacial score (nSPS) is 14.3. The van der Waals surface area contributed by atoms with Crippen LogP contribution in [-0.4, -0.2) is 22.5 Å². The zero-order valence-corrected chi connectivity index (χ0v) is 13.7. The molecule has 21 heavy (non-hydrogen) atoms. The summed E-state index contributed by atoms with van der Waals surface area (Å²) >= 11 is 1.50. The molecule has 1 aromatic heterocycles. The summed E-state index contributed by atoms with van der Waals surface area (Å²) in [5.41, 5.74) is 1.83. The van der Waals surface area contributed by atoms with Gasteiger partial charge in [0.2, 0.25) is 0 Å². The SMILES string of the molecule is CCNC(CC)C(C)c1cc2nc(C)sc2cc1[N+](=O)[O-]. The van der Waals surface area contributed by atoms with Crippen molar-refractivity contribution in [2.75, 3.05) is 6.54 Å². The lowest BCUT2D eigenvalue weighted by atomic mass is 9.90. The van der Waals surface area contributed by atoms with Crippen LogP contribution in [0.25, 0.3) is 10.2 Å². The lowest BCUT2D eigenvalue weighted by molar-refractivity contribution is -0.385. The maximum Gasteiger partial charge on any atom is 0.274 e. The molecule has 0 aliphatic carbocycles. The van der Waals surface area contributed by atoms with Crippen LogP contribution in [0.15, 0.2) is 12.1 Å². The largest absolute Gasteiger partial charge is 0.314 e. The van der Waals surface area contributed by atoms with E-state index >= 15 is 0 Å².